The highest BCUT2D eigenvalue weighted by molar-refractivity contribution is 7.90. The Bertz CT molecular complexity index is 499. The lowest BCUT2D eigenvalue weighted by Gasteiger charge is -2.08. The number of ether oxygens (including phenoxy) is 1. The van der Waals surface area contributed by atoms with Gasteiger partial charge in [0.25, 0.3) is 0 Å². The molecule has 0 radical (unpaired) electrons. The van der Waals surface area contributed by atoms with Crippen molar-refractivity contribution in [3.05, 3.63) is 18.3 Å². The highest BCUT2D eigenvalue weighted by Gasteiger charge is 2.14. The van der Waals surface area contributed by atoms with E-state index >= 15 is 0 Å². The minimum absolute atomic E-state index is 0.0595. The number of sulfone groups is 1. The molecule has 0 aliphatic carbocycles. The number of hydrogen-bond donors (Lipinski definition) is 1. The van der Waals surface area contributed by atoms with E-state index in [-0.39, 0.29) is 23.9 Å². The van der Waals surface area contributed by atoms with Crippen LogP contribution in [0.25, 0.3) is 0 Å². The van der Waals surface area contributed by atoms with Gasteiger partial charge in [-0.1, -0.05) is 0 Å². The van der Waals surface area contributed by atoms with Crippen LogP contribution in [0.1, 0.15) is 6.92 Å². The summed E-state index contributed by atoms with van der Waals surface area (Å²) in [4.78, 5) is 15.1. The lowest BCUT2D eigenvalue weighted by molar-refractivity contribution is -0.140. The summed E-state index contributed by atoms with van der Waals surface area (Å²) in [6, 6.07) is 2.95. The molecule has 0 saturated heterocycles. The zero-order chi connectivity index (χ0) is 12.9. The van der Waals surface area contributed by atoms with E-state index in [1.54, 1.807) is 6.92 Å². The third kappa shape index (κ3) is 4.03. The standard InChI is InChI=1S/C10H14N2O4S/c1-3-16-9(13)7-12-10-8(17(2,14)15)5-4-6-11-10/h4-6H,3,7H2,1-2H3,(H,11,12). The number of aromatic nitrogens is 1. The first-order valence-electron chi connectivity index (χ1n) is 4.99. The average Bonchev–Trinajstić information content (AvgIpc) is 2.26. The van der Waals surface area contributed by atoms with Crippen molar-refractivity contribution >= 4 is 21.6 Å². The highest BCUT2D eigenvalue weighted by atomic mass is 32.2. The predicted octanol–water partition coefficient (Wildman–Crippen LogP) is 0.460. The van der Waals surface area contributed by atoms with Crippen LogP contribution >= 0.6 is 0 Å². The fraction of sp³-hybridized carbons (Fsp3) is 0.400. The molecule has 0 atom stereocenters. The molecule has 0 fully saturated rings. The van der Waals surface area contributed by atoms with Crippen molar-refractivity contribution in [3.63, 3.8) is 0 Å². The average molecular weight is 258 g/mol. The molecule has 0 unspecified atom stereocenters. The van der Waals surface area contributed by atoms with Gasteiger partial charge in [-0.2, -0.15) is 0 Å². The van der Waals surface area contributed by atoms with Gasteiger partial charge in [-0.25, -0.2) is 13.4 Å². The second-order valence-electron chi connectivity index (χ2n) is 3.28. The number of nitrogens with zero attached hydrogens (tertiary/aromatic N) is 1. The second kappa shape index (κ2) is 5.62. The maximum atomic E-state index is 11.4. The summed E-state index contributed by atoms with van der Waals surface area (Å²) in [5, 5.41) is 2.64. The summed E-state index contributed by atoms with van der Waals surface area (Å²) in [6.07, 6.45) is 2.53. The van der Waals surface area contributed by atoms with Crippen LogP contribution in [0.3, 0.4) is 0 Å². The minimum atomic E-state index is -3.37. The molecule has 0 spiro atoms. The molecule has 1 aromatic rings. The Hall–Kier alpha value is -1.63. The van der Waals surface area contributed by atoms with Crippen molar-refractivity contribution in [2.45, 2.75) is 11.8 Å². The summed E-state index contributed by atoms with van der Waals surface area (Å²) in [6.45, 7) is 1.86. The van der Waals surface area contributed by atoms with Gasteiger partial charge in [-0.3, -0.25) is 4.79 Å². The Morgan fingerprint density at radius 1 is 1.53 bits per heavy atom. The summed E-state index contributed by atoms with van der Waals surface area (Å²) < 4.78 is 27.6. The molecule has 1 heterocycles. The van der Waals surface area contributed by atoms with Crippen molar-refractivity contribution in [2.24, 2.45) is 0 Å². The van der Waals surface area contributed by atoms with E-state index in [1.807, 2.05) is 0 Å². The number of anilines is 1. The van der Waals surface area contributed by atoms with E-state index < -0.39 is 15.8 Å². The molecule has 6 nitrogen and oxygen atoms in total. The molecule has 1 N–H and O–H groups in total. The molecule has 7 heteroatoms. The van der Waals surface area contributed by atoms with Crippen molar-refractivity contribution in [3.8, 4) is 0 Å². The van der Waals surface area contributed by atoms with Gasteiger partial charge in [0, 0.05) is 12.5 Å². The molecule has 0 aliphatic heterocycles. The van der Waals surface area contributed by atoms with E-state index in [0.29, 0.717) is 0 Å². The topological polar surface area (TPSA) is 85.4 Å². The van der Waals surface area contributed by atoms with E-state index in [9.17, 15) is 13.2 Å². The molecule has 0 saturated carbocycles. The summed E-state index contributed by atoms with van der Waals surface area (Å²) in [5.74, 6) is -0.305. The number of rotatable bonds is 5. The van der Waals surface area contributed by atoms with Crippen molar-refractivity contribution in [1.29, 1.82) is 0 Å². The zero-order valence-corrected chi connectivity index (χ0v) is 10.5. The molecular weight excluding hydrogens is 244 g/mol. The zero-order valence-electron chi connectivity index (χ0n) is 9.63. The largest absolute Gasteiger partial charge is 0.465 e. The van der Waals surface area contributed by atoms with Crippen LogP contribution in [0.5, 0.6) is 0 Å². The van der Waals surface area contributed by atoms with Gasteiger partial charge in [0.1, 0.15) is 17.3 Å². The molecule has 0 amide bonds. The minimum Gasteiger partial charge on any atom is -0.465 e. The van der Waals surface area contributed by atoms with E-state index in [1.165, 1.54) is 18.3 Å². The Morgan fingerprint density at radius 3 is 2.82 bits per heavy atom. The maximum Gasteiger partial charge on any atom is 0.325 e. The van der Waals surface area contributed by atoms with Crippen LogP contribution in [0.2, 0.25) is 0 Å². The van der Waals surface area contributed by atoms with Crippen molar-refractivity contribution < 1.29 is 17.9 Å². The summed E-state index contributed by atoms with van der Waals surface area (Å²) >= 11 is 0. The maximum absolute atomic E-state index is 11.4. The number of hydrogen-bond acceptors (Lipinski definition) is 6. The first kappa shape index (κ1) is 13.4. The van der Waals surface area contributed by atoms with Crippen LogP contribution in [-0.4, -0.2) is 38.8 Å². The molecule has 1 rings (SSSR count). The number of esters is 1. The fourth-order valence-electron chi connectivity index (χ4n) is 1.19. The van der Waals surface area contributed by atoms with Crippen LogP contribution in [-0.2, 0) is 19.4 Å². The summed E-state index contributed by atoms with van der Waals surface area (Å²) in [7, 11) is -3.37. The monoisotopic (exact) mass is 258 g/mol. The van der Waals surface area contributed by atoms with Gasteiger partial charge in [0.05, 0.1) is 6.61 Å². The second-order valence-corrected chi connectivity index (χ2v) is 5.27. The van der Waals surface area contributed by atoms with Crippen molar-refractivity contribution in [2.75, 3.05) is 24.7 Å². The molecule has 1 aromatic heterocycles. The first-order chi connectivity index (χ1) is 7.95. The van der Waals surface area contributed by atoms with E-state index in [2.05, 4.69) is 10.3 Å². The van der Waals surface area contributed by atoms with Crippen LogP contribution in [0.15, 0.2) is 23.2 Å². The number of nitrogens with one attached hydrogen (secondary N) is 1. The number of carbonyl (C=O) groups is 1. The third-order valence-electron chi connectivity index (χ3n) is 1.88. The van der Waals surface area contributed by atoms with Crippen LogP contribution in [0, 0.1) is 0 Å². The normalized spacial score (nSPS) is 10.9. The van der Waals surface area contributed by atoms with Gasteiger partial charge < -0.3 is 10.1 Å². The molecular formula is C10H14N2O4S. The van der Waals surface area contributed by atoms with Gasteiger partial charge in [0.2, 0.25) is 0 Å². The van der Waals surface area contributed by atoms with Crippen molar-refractivity contribution in [1.82, 2.24) is 4.98 Å². The lowest BCUT2D eigenvalue weighted by atomic mass is 10.4. The Morgan fingerprint density at radius 2 is 2.24 bits per heavy atom. The third-order valence-corrected chi connectivity index (χ3v) is 3.00. The fourth-order valence-corrected chi connectivity index (χ4v) is 1.99. The SMILES string of the molecule is CCOC(=O)CNc1ncccc1S(C)(=O)=O. The Labute approximate surface area is 99.9 Å². The first-order valence-corrected chi connectivity index (χ1v) is 6.89. The molecule has 94 valence electrons. The number of carbonyl (C=O) groups excluding carboxylic acids is 1. The van der Waals surface area contributed by atoms with E-state index in [0.717, 1.165) is 6.26 Å². The van der Waals surface area contributed by atoms with Gasteiger partial charge in [0.15, 0.2) is 9.84 Å². The molecule has 0 aromatic carbocycles. The Kier molecular flexibility index (Phi) is 4.45. The Balaban J connectivity index is 2.82. The van der Waals surface area contributed by atoms with E-state index in [4.69, 9.17) is 4.74 Å². The van der Waals surface area contributed by atoms with Gasteiger partial charge in [-0.05, 0) is 19.1 Å². The number of pyridine rings is 1. The van der Waals surface area contributed by atoms with Gasteiger partial charge in [-0.15, -0.1) is 0 Å². The molecule has 0 bridgehead atoms. The lowest BCUT2D eigenvalue weighted by Crippen LogP contribution is -2.18. The van der Waals surface area contributed by atoms with Crippen LogP contribution < -0.4 is 5.32 Å². The highest BCUT2D eigenvalue weighted by Crippen LogP contribution is 2.17. The molecule has 0 aliphatic rings. The molecule has 17 heavy (non-hydrogen) atoms. The predicted molar refractivity (Wildman–Crippen MR) is 62.5 cm³/mol. The smallest absolute Gasteiger partial charge is 0.325 e. The van der Waals surface area contributed by atoms with Gasteiger partial charge >= 0.3 is 5.97 Å². The quantitative estimate of drug-likeness (QED) is 0.772. The van der Waals surface area contributed by atoms with Crippen LogP contribution in [0.4, 0.5) is 5.82 Å². The summed E-state index contributed by atoms with van der Waals surface area (Å²) in [5.41, 5.74) is 0.